The summed E-state index contributed by atoms with van der Waals surface area (Å²) in [5, 5.41) is 10.8. The van der Waals surface area contributed by atoms with Crippen LogP contribution in [-0.4, -0.2) is 86.0 Å². The molecule has 0 radical (unpaired) electrons. The van der Waals surface area contributed by atoms with E-state index in [0.29, 0.717) is 19.7 Å². The minimum atomic E-state index is -0.969. The molecular formula is C37H53N3O5S. The zero-order valence-electron chi connectivity index (χ0n) is 29.1. The molecule has 2 saturated heterocycles. The highest BCUT2D eigenvalue weighted by Crippen LogP contribution is 2.66. The molecule has 1 N–H and O–H groups in total. The van der Waals surface area contributed by atoms with Crippen LogP contribution in [0.3, 0.4) is 0 Å². The molecule has 7 atom stereocenters. The lowest BCUT2D eigenvalue weighted by molar-refractivity contribution is -0.150. The Hall–Kier alpha value is -2.78. The van der Waals surface area contributed by atoms with Gasteiger partial charge in [0.05, 0.1) is 35.8 Å². The molecule has 1 aromatic rings. The van der Waals surface area contributed by atoms with Gasteiger partial charge in [-0.15, -0.1) is 11.8 Å². The highest BCUT2D eigenvalue weighted by molar-refractivity contribution is 8.02. The van der Waals surface area contributed by atoms with E-state index >= 15 is 9.59 Å². The van der Waals surface area contributed by atoms with E-state index in [0.717, 1.165) is 24.3 Å². The Morgan fingerprint density at radius 2 is 1.61 bits per heavy atom. The van der Waals surface area contributed by atoms with Gasteiger partial charge in [-0.3, -0.25) is 14.4 Å². The summed E-state index contributed by atoms with van der Waals surface area (Å²) in [6, 6.07) is 6.11. The van der Waals surface area contributed by atoms with Gasteiger partial charge in [0.1, 0.15) is 11.8 Å². The normalized spacial score (nSPS) is 31.0. The van der Waals surface area contributed by atoms with Crippen molar-refractivity contribution in [2.75, 3.05) is 31.2 Å². The highest BCUT2D eigenvalue weighted by atomic mass is 32.2. The number of ether oxygens (including phenoxy) is 1. The molecule has 1 spiro atoms. The van der Waals surface area contributed by atoms with Crippen molar-refractivity contribution < 1.29 is 24.2 Å². The largest absolute Gasteiger partial charge is 0.494 e. The third-order valence-electron chi connectivity index (χ3n) is 10.5. The summed E-state index contributed by atoms with van der Waals surface area (Å²) >= 11 is 1.59. The van der Waals surface area contributed by atoms with Gasteiger partial charge in [0.25, 0.3) is 0 Å². The van der Waals surface area contributed by atoms with E-state index in [-0.39, 0.29) is 35.7 Å². The maximum Gasteiger partial charge on any atom is 0.247 e. The van der Waals surface area contributed by atoms with Crippen molar-refractivity contribution in [3.63, 3.8) is 0 Å². The number of nitrogens with zero attached hydrogens (tertiary/aromatic N) is 3. The molecule has 4 heterocycles. The van der Waals surface area contributed by atoms with Crippen molar-refractivity contribution in [1.82, 2.24) is 9.80 Å². The van der Waals surface area contributed by atoms with Crippen LogP contribution in [0.4, 0.5) is 5.69 Å². The fraction of sp³-hybridized carbons (Fsp3) is 0.649. The maximum atomic E-state index is 15.1. The minimum Gasteiger partial charge on any atom is -0.494 e. The number of thioether (sulfide) groups is 1. The third kappa shape index (κ3) is 5.69. The fourth-order valence-corrected chi connectivity index (χ4v) is 10.8. The number of benzene rings is 1. The Kier molecular flexibility index (Phi) is 9.27. The van der Waals surface area contributed by atoms with Crippen LogP contribution >= 0.6 is 11.8 Å². The van der Waals surface area contributed by atoms with E-state index in [9.17, 15) is 9.90 Å². The lowest BCUT2D eigenvalue weighted by atomic mass is 9.74. The number of aliphatic hydroxyl groups excluding tert-OH is 1. The number of fused-ring (bicyclic) bond motifs is 2. The van der Waals surface area contributed by atoms with Gasteiger partial charge >= 0.3 is 0 Å². The molecule has 0 aromatic heterocycles. The zero-order chi connectivity index (χ0) is 33.8. The number of anilines is 1. The van der Waals surface area contributed by atoms with Crippen LogP contribution < -0.4 is 9.64 Å². The molecule has 9 heteroatoms. The molecule has 8 nitrogen and oxygen atoms in total. The van der Waals surface area contributed by atoms with Crippen LogP contribution in [0.2, 0.25) is 0 Å². The summed E-state index contributed by atoms with van der Waals surface area (Å²) in [6.45, 7) is 19.9. The van der Waals surface area contributed by atoms with Gasteiger partial charge in [-0.05, 0) is 69.7 Å². The summed E-state index contributed by atoms with van der Waals surface area (Å²) in [7, 11) is 0. The first kappa shape index (κ1) is 34.6. The van der Waals surface area contributed by atoms with Crippen LogP contribution in [0.15, 0.2) is 48.6 Å². The number of amides is 3. The lowest BCUT2D eigenvalue weighted by Crippen LogP contribution is -2.61. The van der Waals surface area contributed by atoms with Crippen LogP contribution in [-0.2, 0) is 14.4 Å². The monoisotopic (exact) mass is 651 g/mol. The van der Waals surface area contributed by atoms with E-state index in [1.54, 1.807) is 21.6 Å². The molecule has 4 aliphatic heterocycles. The lowest BCUT2D eigenvalue weighted by Gasteiger charge is -2.46. The molecule has 0 aliphatic carbocycles. The summed E-state index contributed by atoms with van der Waals surface area (Å²) < 4.78 is 3.95. The van der Waals surface area contributed by atoms with Gasteiger partial charge in [0, 0.05) is 29.1 Å². The Labute approximate surface area is 279 Å². The number of rotatable bonds is 9. The molecule has 0 saturated carbocycles. The van der Waals surface area contributed by atoms with Crippen LogP contribution in [0.1, 0.15) is 75.2 Å². The Balaban J connectivity index is 1.64. The van der Waals surface area contributed by atoms with Gasteiger partial charge in [-0.25, -0.2) is 0 Å². The SMILES string of the molecule is CCOc1ccc(N2CC=C[C@]3(C)S[C@]45C=CCN(C(C)(C)CC(C)(C)C)C(=O)C4N([C@@H](CO)[C@@H](C)CC)C(=O)[C@@H]5[C@@H]3C2=O)cc1. The molecule has 4 aliphatic rings. The van der Waals surface area contributed by atoms with Crippen molar-refractivity contribution in [2.24, 2.45) is 23.2 Å². The first-order valence-electron chi connectivity index (χ1n) is 16.9. The Morgan fingerprint density at radius 3 is 2.20 bits per heavy atom. The first-order chi connectivity index (χ1) is 21.5. The van der Waals surface area contributed by atoms with E-state index in [4.69, 9.17) is 4.74 Å². The number of hydrogen-bond donors (Lipinski definition) is 1. The molecular weight excluding hydrogens is 598 g/mol. The van der Waals surface area contributed by atoms with Gasteiger partial charge in [0.15, 0.2) is 0 Å². The van der Waals surface area contributed by atoms with Crippen molar-refractivity contribution in [3.05, 3.63) is 48.6 Å². The van der Waals surface area contributed by atoms with Crippen LogP contribution in [0, 0.1) is 23.2 Å². The molecule has 0 bridgehead atoms. The fourth-order valence-electron chi connectivity index (χ4n) is 8.69. The zero-order valence-corrected chi connectivity index (χ0v) is 29.9. The van der Waals surface area contributed by atoms with E-state index in [1.807, 2.05) is 69.0 Å². The van der Waals surface area contributed by atoms with Crippen molar-refractivity contribution in [2.45, 2.75) is 102 Å². The van der Waals surface area contributed by atoms with E-state index in [1.165, 1.54) is 0 Å². The summed E-state index contributed by atoms with van der Waals surface area (Å²) in [5.41, 5.74) is 0.225. The van der Waals surface area contributed by atoms with Gasteiger partial charge < -0.3 is 24.5 Å². The first-order valence-corrected chi connectivity index (χ1v) is 17.7. The minimum absolute atomic E-state index is 0.0279. The predicted molar refractivity (Wildman–Crippen MR) is 185 cm³/mol. The summed E-state index contributed by atoms with van der Waals surface area (Å²) in [4.78, 5) is 50.3. The molecule has 252 valence electrons. The van der Waals surface area contributed by atoms with Crippen LogP contribution in [0.25, 0.3) is 0 Å². The smallest absolute Gasteiger partial charge is 0.247 e. The van der Waals surface area contributed by atoms with Crippen molar-refractivity contribution >= 4 is 35.2 Å². The van der Waals surface area contributed by atoms with Gasteiger partial charge in [-0.1, -0.05) is 65.3 Å². The molecule has 1 aromatic carbocycles. The van der Waals surface area contributed by atoms with E-state index < -0.39 is 39.0 Å². The molecule has 46 heavy (non-hydrogen) atoms. The predicted octanol–water partition coefficient (Wildman–Crippen LogP) is 5.70. The number of carbonyl (C=O) groups is 3. The average Bonchev–Trinajstić information content (AvgIpc) is 3.23. The van der Waals surface area contributed by atoms with Crippen molar-refractivity contribution in [1.29, 1.82) is 0 Å². The summed E-state index contributed by atoms with van der Waals surface area (Å²) in [6.07, 6.45) is 9.74. The second-order valence-electron chi connectivity index (χ2n) is 15.6. The topological polar surface area (TPSA) is 90.4 Å². The summed E-state index contributed by atoms with van der Waals surface area (Å²) in [5.74, 6) is -1.22. The quantitative estimate of drug-likeness (QED) is 0.345. The van der Waals surface area contributed by atoms with Crippen molar-refractivity contribution in [3.8, 4) is 5.75 Å². The third-order valence-corrected chi connectivity index (χ3v) is 12.3. The van der Waals surface area contributed by atoms with Crippen LogP contribution in [0.5, 0.6) is 5.75 Å². The highest BCUT2D eigenvalue weighted by Gasteiger charge is 2.75. The Bertz CT molecular complexity index is 1400. The molecule has 5 rings (SSSR count). The number of aliphatic hydroxyl groups is 1. The average molecular weight is 652 g/mol. The number of hydrogen-bond acceptors (Lipinski definition) is 6. The Morgan fingerprint density at radius 1 is 0.957 bits per heavy atom. The number of carbonyl (C=O) groups excluding carboxylic acids is 3. The molecule has 3 amide bonds. The van der Waals surface area contributed by atoms with Gasteiger partial charge in [0.2, 0.25) is 17.7 Å². The molecule has 2 fully saturated rings. The van der Waals surface area contributed by atoms with E-state index in [2.05, 4.69) is 46.8 Å². The second-order valence-corrected chi connectivity index (χ2v) is 17.3. The second kappa shape index (κ2) is 12.3. The maximum absolute atomic E-state index is 15.1. The number of likely N-dealkylation sites (tertiary alicyclic amines) is 1. The molecule has 1 unspecified atom stereocenters. The standard InChI is InChI=1S/C37H53N3O5S/c1-10-24(3)27(22-41)40-30-33(44)39(35(7,8)23-34(4,5)6)21-13-19-37(30)29(32(40)43)28-31(42)38(20-12-18-36(28,9)46-37)25-14-16-26(17-15-25)45-11-2/h12-19,24,27-30,41H,10-11,20-23H2,1-9H3/t24-,27-,28+,29-,30?,36-,37-/m0/s1. The van der Waals surface area contributed by atoms with Gasteiger partial charge in [-0.2, -0.15) is 0 Å².